The van der Waals surface area contributed by atoms with Crippen LogP contribution in [0.2, 0.25) is 0 Å². The highest BCUT2D eigenvalue weighted by Gasteiger charge is 2.15. The molecule has 6 nitrogen and oxygen atoms in total. The SMILES string of the molecule is CCCc1nsc(N(C)c2ccccc2/C(N)=N/O)n1. The fraction of sp³-hybridized carbons (Fsp3) is 0.308. The first-order valence-electron chi connectivity index (χ1n) is 6.30. The molecule has 0 fully saturated rings. The van der Waals surface area contributed by atoms with Crippen LogP contribution in [0.15, 0.2) is 29.4 Å². The highest BCUT2D eigenvalue weighted by Crippen LogP contribution is 2.28. The van der Waals surface area contributed by atoms with Crippen LogP contribution in [0.3, 0.4) is 0 Å². The van der Waals surface area contributed by atoms with E-state index in [0.29, 0.717) is 5.56 Å². The second-order valence-electron chi connectivity index (χ2n) is 4.30. The molecule has 0 radical (unpaired) electrons. The fourth-order valence-electron chi connectivity index (χ4n) is 1.85. The molecule has 106 valence electrons. The summed E-state index contributed by atoms with van der Waals surface area (Å²) in [6.07, 6.45) is 1.88. The molecule has 2 rings (SSSR count). The number of amidine groups is 1. The van der Waals surface area contributed by atoms with Gasteiger partial charge >= 0.3 is 0 Å². The third kappa shape index (κ3) is 2.88. The number of hydrogen-bond acceptors (Lipinski definition) is 6. The van der Waals surface area contributed by atoms with Gasteiger partial charge in [0.15, 0.2) is 5.84 Å². The Labute approximate surface area is 121 Å². The van der Waals surface area contributed by atoms with Crippen LogP contribution in [0, 0.1) is 0 Å². The number of nitrogens with zero attached hydrogens (tertiary/aromatic N) is 4. The van der Waals surface area contributed by atoms with Gasteiger partial charge in [0.05, 0.1) is 5.69 Å². The lowest BCUT2D eigenvalue weighted by molar-refractivity contribution is 0.318. The second kappa shape index (κ2) is 6.33. The van der Waals surface area contributed by atoms with Crippen LogP contribution >= 0.6 is 11.5 Å². The number of aromatic nitrogens is 2. The Bertz CT molecular complexity index is 610. The van der Waals surface area contributed by atoms with Crippen LogP contribution in [0.5, 0.6) is 0 Å². The lowest BCUT2D eigenvalue weighted by Crippen LogP contribution is -2.19. The normalized spacial score (nSPS) is 11.6. The Morgan fingerprint density at radius 3 is 2.90 bits per heavy atom. The van der Waals surface area contributed by atoms with Crippen molar-refractivity contribution < 1.29 is 5.21 Å². The van der Waals surface area contributed by atoms with E-state index < -0.39 is 0 Å². The number of oxime groups is 1. The van der Waals surface area contributed by atoms with Gasteiger partial charge in [0.2, 0.25) is 5.13 Å². The molecule has 0 bridgehead atoms. The van der Waals surface area contributed by atoms with E-state index in [1.807, 2.05) is 30.1 Å². The molecule has 20 heavy (non-hydrogen) atoms. The second-order valence-corrected chi connectivity index (χ2v) is 5.03. The molecule has 0 aliphatic heterocycles. The molecule has 3 N–H and O–H groups in total. The predicted molar refractivity (Wildman–Crippen MR) is 80.9 cm³/mol. The monoisotopic (exact) mass is 291 g/mol. The van der Waals surface area contributed by atoms with Gasteiger partial charge in [-0.3, -0.25) is 0 Å². The summed E-state index contributed by atoms with van der Waals surface area (Å²) in [5, 5.41) is 12.7. The summed E-state index contributed by atoms with van der Waals surface area (Å²) >= 11 is 1.34. The summed E-state index contributed by atoms with van der Waals surface area (Å²) in [5.74, 6) is 0.923. The van der Waals surface area contributed by atoms with E-state index in [1.165, 1.54) is 11.5 Å². The Hall–Kier alpha value is -2.15. The zero-order valence-electron chi connectivity index (χ0n) is 11.4. The van der Waals surface area contributed by atoms with Crippen molar-refractivity contribution >= 4 is 28.2 Å². The maximum absolute atomic E-state index is 8.86. The highest BCUT2D eigenvalue weighted by atomic mass is 32.1. The smallest absolute Gasteiger partial charge is 0.209 e. The van der Waals surface area contributed by atoms with Gasteiger partial charge in [-0.1, -0.05) is 24.2 Å². The molecule has 0 saturated carbocycles. The van der Waals surface area contributed by atoms with Crippen LogP contribution in [-0.4, -0.2) is 27.4 Å². The van der Waals surface area contributed by atoms with Crippen LogP contribution in [0.4, 0.5) is 10.8 Å². The Balaban J connectivity index is 2.35. The zero-order valence-corrected chi connectivity index (χ0v) is 12.3. The van der Waals surface area contributed by atoms with Crippen LogP contribution in [0.1, 0.15) is 24.7 Å². The predicted octanol–water partition coefficient (Wildman–Crippen LogP) is 2.35. The molecule has 2 aromatic rings. The van der Waals surface area contributed by atoms with E-state index in [1.54, 1.807) is 6.07 Å². The number of aryl methyl sites for hydroxylation is 1. The van der Waals surface area contributed by atoms with Gasteiger partial charge < -0.3 is 15.8 Å². The van der Waals surface area contributed by atoms with Crippen LogP contribution in [0.25, 0.3) is 0 Å². The molecule has 0 unspecified atom stereocenters. The Morgan fingerprint density at radius 1 is 1.45 bits per heavy atom. The first-order valence-corrected chi connectivity index (χ1v) is 7.08. The van der Waals surface area contributed by atoms with Gasteiger partial charge in [-0.05, 0) is 18.6 Å². The molecule has 0 atom stereocenters. The summed E-state index contributed by atoms with van der Waals surface area (Å²) < 4.78 is 4.33. The van der Waals surface area contributed by atoms with E-state index in [4.69, 9.17) is 10.9 Å². The number of benzene rings is 1. The molecular weight excluding hydrogens is 274 g/mol. The van der Waals surface area contributed by atoms with Crippen LogP contribution < -0.4 is 10.6 Å². The van der Waals surface area contributed by atoms with E-state index >= 15 is 0 Å². The Kier molecular flexibility index (Phi) is 4.52. The van der Waals surface area contributed by atoms with Crippen molar-refractivity contribution in [2.45, 2.75) is 19.8 Å². The summed E-state index contributed by atoms with van der Waals surface area (Å²) in [4.78, 5) is 6.39. The van der Waals surface area contributed by atoms with Crippen molar-refractivity contribution in [3.63, 3.8) is 0 Å². The number of anilines is 2. The maximum atomic E-state index is 8.86. The van der Waals surface area contributed by atoms with Crippen molar-refractivity contribution in [2.75, 3.05) is 11.9 Å². The van der Waals surface area contributed by atoms with Crippen LogP contribution in [-0.2, 0) is 6.42 Å². The van der Waals surface area contributed by atoms with Crippen molar-refractivity contribution in [3.8, 4) is 0 Å². The standard InChI is InChI=1S/C13H17N5OS/c1-3-6-11-15-13(20-17-11)18(2)10-8-5-4-7-9(10)12(14)16-19/h4-5,7-8,19H,3,6H2,1-2H3,(H2,14,16). The first-order chi connectivity index (χ1) is 9.67. The van der Waals surface area contributed by atoms with Crippen molar-refractivity contribution in [3.05, 3.63) is 35.7 Å². The number of rotatable bonds is 5. The third-order valence-corrected chi connectivity index (χ3v) is 3.70. The highest BCUT2D eigenvalue weighted by molar-refractivity contribution is 7.09. The molecular formula is C13H17N5OS. The number of nitrogens with two attached hydrogens (primary N) is 1. The zero-order chi connectivity index (χ0) is 14.5. The van der Waals surface area contributed by atoms with E-state index in [2.05, 4.69) is 21.4 Å². The van der Waals surface area contributed by atoms with Gasteiger partial charge in [0.25, 0.3) is 0 Å². The quantitative estimate of drug-likeness (QED) is 0.382. The average Bonchev–Trinajstić information content (AvgIpc) is 2.94. The van der Waals surface area contributed by atoms with Gasteiger partial charge in [-0.2, -0.15) is 4.37 Å². The Morgan fingerprint density at radius 2 is 2.20 bits per heavy atom. The van der Waals surface area contributed by atoms with Crippen molar-refractivity contribution in [1.82, 2.24) is 9.36 Å². The van der Waals surface area contributed by atoms with E-state index in [-0.39, 0.29) is 5.84 Å². The minimum absolute atomic E-state index is 0.0748. The molecule has 1 aromatic heterocycles. The first kappa shape index (κ1) is 14.3. The average molecular weight is 291 g/mol. The number of hydrogen-bond donors (Lipinski definition) is 2. The summed E-state index contributed by atoms with van der Waals surface area (Å²) in [6, 6.07) is 7.43. The lowest BCUT2D eigenvalue weighted by atomic mass is 10.1. The molecule has 1 heterocycles. The lowest BCUT2D eigenvalue weighted by Gasteiger charge is -2.18. The minimum Gasteiger partial charge on any atom is -0.409 e. The molecule has 1 aromatic carbocycles. The summed E-state index contributed by atoms with van der Waals surface area (Å²) in [6.45, 7) is 2.10. The topological polar surface area (TPSA) is 87.6 Å². The summed E-state index contributed by atoms with van der Waals surface area (Å²) in [5.41, 5.74) is 7.18. The van der Waals surface area contributed by atoms with Gasteiger partial charge in [0, 0.05) is 30.6 Å². The van der Waals surface area contributed by atoms with Gasteiger partial charge in [-0.15, -0.1) is 0 Å². The molecule has 7 heteroatoms. The molecule has 0 spiro atoms. The molecule has 0 aliphatic carbocycles. The molecule has 0 saturated heterocycles. The summed E-state index contributed by atoms with van der Waals surface area (Å²) in [7, 11) is 1.89. The van der Waals surface area contributed by atoms with E-state index in [0.717, 1.165) is 29.5 Å². The fourth-order valence-corrected chi connectivity index (χ4v) is 2.53. The third-order valence-electron chi connectivity index (χ3n) is 2.87. The molecule has 0 amide bonds. The molecule has 0 aliphatic rings. The van der Waals surface area contributed by atoms with Crippen molar-refractivity contribution in [2.24, 2.45) is 10.9 Å². The van der Waals surface area contributed by atoms with Gasteiger partial charge in [-0.25, -0.2) is 4.98 Å². The van der Waals surface area contributed by atoms with Crippen molar-refractivity contribution in [1.29, 1.82) is 0 Å². The van der Waals surface area contributed by atoms with Gasteiger partial charge in [0.1, 0.15) is 5.82 Å². The largest absolute Gasteiger partial charge is 0.409 e. The minimum atomic E-state index is 0.0748. The maximum Gasteiger partial charge on any atom is 0.209 e. The van der Waals surface area contributed by atoms with E-state index in [9.17, 15) is 0 Å². The number of para-hydroxylation sites is 1.